The van der Waals surface area contributed by atoms with E-state index in [9.17, 15) is 0 Å². The third-order valence-corrected chi connectivity index (χ3v) is 1.82. The summed E-state index contributed by atoms with van der Waals surface area (Å²) >= 11 is 0. The summed E-state index contributed by atoms with van der Waals surface area (Å²) in [5, 5.41) is 0. The minimum Gasteiger partial charge on any atom is -0.360 e. The third-order valence-electron chi connectivity index (χ3n) is 1.82. The maximum Gasteiger partial charge on any atom is 0.0903 e. The molecule has 2 rings (SSSR count). The van der Waals surface area contributed by atoms with Crippen molar-refractivity contribution in [1.82, 2.24) is 4.98 Å². The molecule has 0 saturated heterocycles. The SMILES string of the molecule is CC.Cc1c[nH]c2c1N=CCC=C2. The molecule has 0 bridgehead atoms. The maximum atomic E-state index is 4.33. The van der Waals surface area contributed by atoms with E-state index in [1.165, 1.54) is 5.56 Å². The second-order valence-corrected chi connectivity index (χ2v) is 2.68. The van der Waals surface area contributed by atoms with E-state index in [2.05, 4.69) is 29.1 Å². The van der Waals surface area contributed by atoms with Crippen LogP contribution in [0.15, 0.2) is 17.3 Å². The first-order chi connectivity index (χ1) is 6.38. The lowest BCUT2D eigenvalue weighted by atomic mass is 10.2. The van der Waals surface area contributed by atoms with E-state index in [1.807, 2.05) is 26.3 Å². The van der Waals surface area contributed by atoms with Gasteiger partial charge in [-0.15, -0.1) is 0 Å². The van der Waals surface area contributed by atoms with Crippen LogP contribution in [0.2, 0.25) is 0 Å². The van der Waals surface area contributed by atoms with Gasteiger partial charge in [-0.2, -0.15) is 0 Å². The van der Waals surface area contributed by atoms with Crippen LogP contribution in [0, 0.1) is 6.92 Å². The van der Waals surface area contributed by atoms with Crippen molar-refractivity contribution in [1.29, 1.82) is 0 Å². The molecule has 0 amide bonds. The molecular formula is C11H16N2. The lowest BCUT2D eigenvalue weighted by Gasteiger charge is -1.89. The second-order valence-electron chi connectivity index (χ2n) is 2.68. The van der Waals surface area contributed by atoms with Crippen LogP contribution in [0.3, 0.4) is 0 Å². The molecule has 2 nitrogen and oxygen atoms in total. The number of aromatic amines is 1. The van der Waals surface area contributed by atoms with E-state index in [1.54, 1.807) is 0 Å². The lowest BCUT2D eigenvalue weighted by molar-refractivity contribution is 1.36. The molecule has 13 heavy (non-hydrogen) atoms. The number of aromatic nitrogens is 1. The van der Waals surface area contributed by atoms with Crippen LogP contribution in [0.25, 0.3) is 6.08 Å². The first kappa shape index (κ1) is 9.78. The monoisotopic (exact) mass is 176 g/mol. The number of H-pyrrole nitrogens is 1. The zero-order chi connectivity index (χ0) is 9.68. The van der Waals surface area contributed by atoms with Crippen LogP contribution in [-0.4, -0.2) is 11.2 Å². The largest absolute Gasteiger partial charge is 0.360 e. The van der Waals surface area contributed by atoms with Gasteiger partial charge in [-0.25, -0.2) is 0 Å². The minimum atomic E-state index is 0.932. The van der Waals surface area contributed by atoms with E-state index in [-0.39, 0.29) is 0 Å². The summed E-state index contributed by atoms with van der Waals surface area (Å²) in [5.74, 6) is 0. The van der Waals surface area contributed by atoms with Crippen molar-refractivity contribution in [3.05, 3.63) is 23.5 Å². The van der Waals surface area contributed by atoms with E-state index in [4.69, 9.17) is 0 Å². The van der Waals surface area contributed by atoms with Crippen molar-refractivity contribution in [2.45, 2.75) is 27.2 Å². The lowest BCUT2D eigenvalue weighted by Crippen LogP contribution is -1.68. The molecular weight excluding hydrogens is 160 g/mol. The highest BCUT2D eigenvalue weighted by molar-refractivity contribution is 5.76. The summed E-state index contributed by atoms with van der Waals surface area (Å²) < 4.78 is 0. The number of aliphatic imine (C=N–C) groups is 1. The van der Waals surface area contributed by atoms with E-state index in [0.29, 0.717) is 0 Å². The fourth-order valence-corrected chi connectivity index (χ4v) is 1.22. The maximum absolute atomic E-state index is 4.33. The Bertz CT molecular complexity index is 319. The number of fused-ring (bicyclic) bond motifs is 1. The highest BCUT2D eigenvalue weighted by Crippen LogP contribution is 2.25. The Morgan fingerprint density at radius 2 is 2.15 bits per heavy atom. The molecule has 0 fully saturated rings. The van der Waals surface area contributed by atoms with Crippen LogP contribution in [0.4, 0.5) is 5.69 Å². The second kappa shape index (κ2) is 4.65. The van der Waals surface area contributed by atoms with Crippen LogP contribution >= 0.6 is 0 Å². The van der Waals surface area contributed by atoms with Crippen molar-refractivity contribution >= 4 is 18.0 Å². The molecule has 1 aromatic heterocycles. The van der Waals surface area contributed by atoms with Crippen LogP contribution in [0.5, 0.6) is 0 Å². The Kier molecular flexibility index (Phi) is 3.50. The number of nitrogens with one attached hydrogen (secondary N) is 1. The van der Waals surface area contributed by atoms with Gasteiger partial charge in [0.05, 0.1) is 11.4 Å². The summed E-state index contributed by atoms with van der Waals surface area (Å²) in [6.07, 6.45) is 9.03. The Morgan fingerprint density at radius 1 is 1.38 bits per heavy atom. The van der Waals surface area contributed by atoms with Gasteiger partial charge >= 0.3 is 0 Å². The molecule has 1 N–H and O–H groups in total. The smallest absolute Gasteiger partial charge is 0.0903 e. The van der Waals surface area contributed by atoms with Crippen LogP contribution in [0.1, 0.15) is 31.5 Å². The predicted molar refractivity (Wildman–Crippen MR) is 58.7 cm³/mol. The van der Waals surface area contributed by atoms with Gasteiger partial charge in [-0.1, -0.05) is 19.9 Å². The zero-order valence-electron chi connectivity index (χ0n) is 8.46. The van der Waals surface area contributed by atoms with Gasteiger partial charge < -0.3 is 4.98 Å². The molecule has 1 aliphatic rings. The van der Waals surface area contributed by atoms with E-state index >= 15 is 0 Å². The van der Waals surface area contributed by atoms with Gasteiger partial charge in [0.15, 0.2) is 0 Å². The van der Waals surface area contributed by atoms with Crippen molar-refractivity contribution in [2.24, 2.45) is 4.99 Å². The van der Waals surface area contributed by atoms with Gasteiger partial charge in [0.2, 0.25) is 0 Å². The van der Waals surface area contributed by atoms with Crippen molar-refractivity contribution in [3.8, 4) is 0 Å². The fraction of sp³-hybridized carbons (Fsp3) is 0.364. The summed E-state index contributed by atoms with van der Waals surface area (Å²) in [6.45, 7) is 6.06. The van der Waals surface area contributed by atoms with Crippen molar-refractivity contribution in [2.75, 3.05) is 0 Å². The average molecular weight is 176 g/mol. The minimum absolute atomic E-state index is 0.932. The first-order valence-corrected chi connectivity index (χ1v) is 4.75. The standard InChI is InChI=1S/C9H10N2.C2H6/c1-7-6-11-8-4-2-3-5-10-9(7)8;1-2/h2,4-6,11H,3H2,1H3;1-2H3. The third kappa shape index (κ3) is 2.08. The van der Waals surface area contributed by atoms with E-state index in [0.717, 1.165) is 17.8 Å². The topological polar surface area (TPSA) is 28.1 Å². The molecule has 1 aromatic rings. The molecule has 0 unspecified atom stereocenters. The molecule has 70 valence electrons. The Hall–Kier alpha value is -1.31. The zero-order valence-corrected chi connectivity index (χ0v) is 8.46. The normalized spacial score (nSPS) is 12.8. The van der Waals surface area contributed by atoms with Gasteiger partial charge in [-0.3, -0.25) is 4.99 Å². The van der Waals surface area contributed by atoms with Crippen LogP contribution in [-0.2, 0) is 0 Å². The average Bonchev–Trinajstić information content (AvgIpc) is 2.44. The van der Waals surface area contributed by atoms with Gasteiger partial charge in [0.1, 0.15) is 0 Å². The van der Waals surface area contributed by atoms with Crippen LogP contribution < -0.4 is 0 Å². The highest BCUT2D eigenvalue weighted by atomic mass is 14.8. The molecule has 2 heterocycles. The number of aryl methyl sites for hydroxylation is 1. The molecule has 0 radical (unpaired) electrons. The summed E-state index contributed by atoms with van der Waals surface area (Å²) in [5.41, 5.74) is 3.41. The number of rotatable bonds is 0. The first-order valence-electron chi connectivity index (χ1n) is 4.75. The molecule has 2 heteroatoms. The fourth-order valence-electron chi connectivity index (χ4n) is 1.22. The molecule has 1 aliphatic heterocycles. The van der Waals surface area contributed by atoms with Gasteiger partial charge in [-0.05, 0) is 18.6 Å². The molecule has 0 aliphatic carbocycles. The number of nitrogens with zero attached hydrogens (tertiary/aromatic N) is 1. The van der Waals surface area contributed by atoms with Crippen molar-refractivity contribution < 1.29 is 0 Å². The van der Waals surface area contributed by atoms with Gasteiger partial charge in [0.25, 0.3) is 0 Å². The Labute approximate surface area is 79.4 Å². The number of hydrogen-bond donors (Lipinski definition) is 1. The summed E-state index contributed by atoms with van der Waals surface area (Å²) in [6, 6.07) is 0. The summed E-state index contributed by atoms with van der Waals surface area (Å²) in [4.78, 5) is 7.49. The summed E-state index contributed by atoms with van der Waals surface area (Å²) in [7, 11) is 0. The Balaban J connectivity index is 0.000000396. The van der Waals surface area contributed by atoms with Crippen molar-refractivity contribution in [3.63, 3.8) is 0 Å². The molecule has 0 atom stereocenters. The highest BCUT2D eigenvalue weighted by Gasteiger charge is 2.04. The number of hydrogen-bond acceptors (Lipinski definition) is 1. The van der Waals surface area contributed by atoms with E-state index < -0.39 is 0 Å². The van der Waals surface area contributed by atoms with Gasteiger partial charge in [0, 0.05) is 18.8 Å². The number of allylic oxidation sites excluding steroid dienone is 1. The predicted octanol–water partition coefficient (Wildman–Crippen LogP) is 3.47. The Morgan fingerprint density at radius 3 is 2.92 bits per heavy atom. The molecule has 0 aromatic carbocycles. The molecule has 0 saturated carbocycles. The molecule has 0 spiro atoms. The quantitative estimate of drug-likeness (QED) is 0.627.